The fraction of sp³-hybridized carbons (Fsp3) is 0.846. The Bertz CT molecular complexity index is 225. The van der Waals surface area contributed by atoms with Crippen molar-refractivity contribution < 1.29 is 19.4 Å². The summed E-state index contributed by atoms with van der Waals surface area (Å²) in [6.45, 7) is 2.17. The van der Waals surface area contributed by atoms with E-state index in [1.54, 1.807) is 0 Å². The van der Waals surface area contributed by atoms with E-state index in [0.717, 1.165) is 26.4 Å². The lowest BCUT2D eigenvalue weighted by Crippen LogP contribution is -2.30. The van der Waals surface area contributed by atoms with E-state index in [9.17, 15) is 14.7 Å². The summed E-state index contributed by atoms with van der Waals surface area (Å²) in [7, 11) is 1.16. The third-order valence-corrected chi connectivity index (χ3v) is 2.76. The molecule has 0 fully saturated rings. The molecule has 0 aromatic heterocycles. The molecule has 0 aliphatic heterocycles. The molecular weight excluding hydrogens is 220 g/mol. The Hall–Kier alpha value is -0.900. The quantitative estimate of drug-likeness (QED) is 0.363. The predicted molar refractivity (Wildman–Crippen MR) is 65.6 cm³/mol. The van der Waals surface area contributed by atoms with Crippen LogP contribution in [0.15, 0.2) is 0 Å². The smallest absolute Gasteiger partial charge is 0.342 e. The standard InChI is InChI=1S/C13H24O4/c1-3-4-5-6-7-8-9-10-11(14)12(15)13(16)17-2/h12,15H,3-10H2,1-2H3. The van der Waals surface area contributed by atoms with E-state index in [2.05, 4.69) is 11.7 Å². The molecule has 1 atom stereocenters. The molecule has 0 saturated heterocycles. The highest BCUT2D eigenvalue weighted by atomic mass is 16.5. The van der Waals surface area contributed by atoms with Crippen LogP contribution in [0.3, 0.4) is 0 Å². The number of carbonyl (C=O) groups is 2. The predicted octanol–water partition coefficient (Wildman–Crippen LogP) is 2.23. The summed E-state index contributed by atoms with van der Waals surface area (Å²) in [4.78, 5) is 22.2. The van der Waals surface area contributed by atoms with Crippen molar-refractivity contribution in [3.63, 3.8) is 0 Å². The molecule has 0 aromatic carbocycles. The molecule has 17 heavy (non-hydrogen) atoms. The van der Waals surface area contributed by atoms with Crippen molar-refractivity contribution in [3.8, 4) is 0 Å². The first-order valence-electron chi connectivity index (χ1n) is 6.42. The summed E-state index contributed by atoms with van der Waals surface area (Å²) in [5, 5.41) is 9.23. The second kappa shape index (κ2) is 10.3. The van der Waals surface area contributed by atoms with Crippen LogP contribution in [0.25, 0.3) is 0 Å². The maximum absolute atomic E-state index is 11.3. The van der Waals surface area contributed by atoms with Crippen LogP contribution in [0.4, 0.5) is 0 Å². The van der Waals surface area contributed by atoms with Gasteiger partial charge in [-0.25, -0.2) is 4.79 Å². The van der Waals surface area contributed by atoms with Gasteiger partial charge in [0, 0.05) is 6.42 Å². The molecule has 4 heteroatoms. The summed E-state index contributed by atoms with van der Waals surface area (Å²) in [5.41, 5.74) is 0. The van der Waals surface area contributed by atoms with E-state index >= 15 is 0 Å². The number of esters is 1. The molecule has 0 amide bonds. The first kappa shape index (κ1) is 16.1. The van der Waals surface area contributed by atoms with Gasteiger partial charge in [-0.1, -0.05) is 45.4 Å². The minimum absolute atomic E-state index is 0.254. The van der Waals surface area contributed by atoms with E-state index in [1.165, 1.54) is 25.7 Å². The summed E-state index contributed by atoms with van der Waals surface area (Å²) < 4.78 is 4.30. The molecule has 0 spiro atoms. The molecule has 0 aromatic rings. The molecule has 0 heterocycles. The molecule has 1 unspecified atom stereocenters. The molecule has 0 bridgehead atoms. The topological polar surface area (TPSA) is 63.6 Å². The van der Waals surface area contributed by atoms with Crippen LogP contribution in [0.2, 0.25) is 0 Å². The minimum Gasteiger partial charge on any atom is -0.467 e. The lowest BCUT2D eigenvalue weighted by atomic mass is 10.0. The molecule has 0 rings (SSSR count). The van der Waals surface area contributed by atoms with Crippen LogP contribution in [-0.4, -0.2) is 30.1 Å². The molecule has 0 aliphatic carbocycles. The van der Waals surface area contributed by atoms with Crippen molar-refractivity contribution in [3.05, 3.63) is 0 Å². The Morgan fingerprint density at radius 2 is 1.59 bits per heavy atom. The van der Waals surface area contributed by atoms with E-state index in [0.29, 0.717) is 0 Å². The van der Waals surface area contributed by atoms with Gasteiger partial charge in [-0.05, 0) is 6.42 Å². The maximum Gasteiger partial charge on any atom is 0.342 e. The number of aliphatic hydroxyl groups is 1. The van der Waals surface area contributed by atoms with Gasteiger partial charge in [0.05, 0.1) is 7.11 Å². The first-order valence-corrected chi connectivity index (χ1v) is 6.42. The molecule has 100 valence electrons. The summed E-state index contributed by atoms with van der Waals surface area (Å²) in [6, 6.07) is 0. The van der Waals surface area contributed by atoms with Gasteiger partial charge in [0.25, 0.3) is 0 Å². The highest BCUT2D eigenvalue weighted by Crippen LogP contribution is 2.09. The number of carbonyl (C=O) groups excluding carboxylic acids is 2. The highest BCUT2D eigenvalue weighted by Gasteiger charge is 2.23. The number of methoxy groups -OCH3 is 1. The van der Waals surface area contributed by atoms with Gasteiger partial charge < -0.3 is 9.84 Å². The van der Waals surface area contributed by atoms with Gasteiger partial charge >= 0.3 is 5.97 Å². The average molecular weight is 244 g/mol. The van der Waals surface area contributed by atoms with Gasteiger partial charge in [0.1, 0.15) is 0 Å². The number of hydrogen-bond acceptors (Lipinski definition) is 4. The van der Waals surface area contributed by atoms with Gasteiger partial charge in [0.2, 0.25) is 6.10 Å². The molecule has 4 nitrogen and oxygen atoms in total. The number of rotatable bonds is 10. The van der Waals surface area contributed by atoms with Crippen molar-refractivity contribution in [2.45, 2.75) is 64.4 Å². The second-order valence-electron chi connectivity index (χ2n) is 4.26. The largest absolute Gasteiger partial charge is 0.467 e. The van der Waals surface area contributed by atoms with Crippen molar-refractivity contribution >= 4 is 11.8 Å². The zero-order chi connectivity index (χ0) is 13.1. The summed E-state index contributed by atoms with van der Waals surface area (Å²) in [6.07, 6.45) is 6.41. The SMILES string of the molecule is CCCCCCCCCC(=O)C(O)C(=O)OC. The Labute approximate surface area is 103 Å². The van der Waals surface area contributed by atoms with Crippen LogP contribution >= 0.6 is 0 Å². The third kappa shape index (κ3) is 7.91. The fourth-order valence-electron chi connectivity index (χ4n) is 1.64. The van der Waals surface area contributed by atoms with Crippen molar-refractivity contribution in [2.24, 2.45) is 0 Å². The van der Waals surface area contributed by atoms with Crippen LogP contribution in [0.5, 0.6) is 0 Å². The monoisotopic (exact) mass is 244 g/mol. The second-order valence-corrected chi connectivity index (χ2v) is 4.26. The minimum atomic E-state index is -1.60. The Morgan fingerprint density at radius 3 is 2.12 bits per heavy atom. The van der Waals surface area contributed by atoms with Crippen LogP contribution in [-0.2, 0) is 14.3 Å². The van der Waals surface area contributed by atoms with Crippen molar-refractivity contribution in [1.82, 2.24) is 0 Å². The van der Waals surface area contributed by atoms with E-state index < -0.39 is 17.9 Å². The average Bonchev–Trinajstić information content (AvgIpc) is 2.35. The number of ketones is 1. The Kier molecular flexibility index (Phi) is 9.72. The van der Waals surface area contributed by atoms with Crippen molar-refractivity contribution in [1.29, 1.82) is 0 Å². The van der Waals surface area contributed by atoms with E-state index in [1.807, 2.05) is 0 Å². The van der Waals surface area contributed by atoms with Gasteiger partial charge in [-0.3, -0.25) is 4.79 Å². The highest BCUT2D eigenvalue weighted by molar-refractivity contribution is 6.01. The maximum atomic E-state index is 11.3. The number of ether oxygens (including phenoxy) is 1. The molecular formula is C13H24O4. The van der Waals surface area contributed by atoms with Crippen LogP contribution < -0.4 is 0 Å². The van der Waals surface area contributed by atoms with Gasteiger partial charge in [-0.15, -0.1) is 0 Å². The number of aliphatic hydroxyl groups excluding tert-OH is 1. The molecule has 0 aliphatic rings. The zero-order valence-electron chi connectivity index (χ0n) is 10.9. The van der Waals surface area contributed by atoms with Gasteiger partial charge in [-0.2, -0.15) is 0 Å². The van der Waals surface area contributed by atoms with E-state index in [4.69, 9.17) is 0 Å². The van der Waals surface area contributed by atoms with Crippen LogP contribution in [0, 0.1) is 0 Å². The number of Topliss-reactive ketones (excluding diaryl/α,β-unsaturated/α-hetero) is 1. The van der Waals surface area contributed by atoms with Crippen molar-refractivity contribution in [2.75, 3.05) is 7.11 Å². The Morgan fingerprint density at radius 1 is 1.06 bits per heavy atom. The van der Waals surface area contributed by atoms with E-state index in [-0.39, 0.29) is 6.42 Å². The first-order chi connectivity index (χ1) is 8.13. The molecule has 1 N–H and O–H groups in total. The van der Waals surface area contributed by atoms with Gasteiger partial charge in [0.15, 0.2) is 5.78 Å². The number of hydrogen-bond donors (Lipinski definition) is 1. The molecule has 0 saturated carbocycles. The lowest BCUT2D eigenvalue weighted by molar-refractivity contribution is -0.155. The summed E-state index contributed by atoms with van der Waals surface area (Å²) in [5.74, 6) is -1.30. The lowest BCUT2D eigenvalue weighted by Gasteiger charge is -2.06. The third-order valence-electron chi connectivity index (χ3n) is 2.76. The normalized spacial score (nSPS) is 12.2. The zero-order valence-corrected chi connectivity index (χ0v) is 10.9. The Balaban J connectivity index is 3.48. The molecule has 0 radical (unpaired) electrons. The number of unbranched alkanes of at least 4 members (excludes halogenated alkanes) is 6. The van der Waals surface area contributed by atoms with Crippen LogP contribution in [0.1, 0.15) is 58.3 Å². The summed E-state index contributed by atoms with van der Waals surface area (Å²) >= 11 is 0. The fourth-order valence-corrected chi connectivity index (χ4v) is 1.64.